The Morgan fingerprint density at radius 3 is 2.54 bits per heavy atom. The molecule has 0 saturated heterocycles. The third kappa shape index (κ3) is 3.86. The lowest BCUT2D eigenvalue weighted by Crippen LogP contribution is -2.30. The van der Waals surface area contributed by atoms with Crippen molar-refractivity contribution in [3.63, 3.8) is 0 Å². The molecule has 3 rings (SSSR count). The number of carbonyl (C=O) groups excluding carboxylic acids is 1. The molecule has 0 aliphatic rings. The van der Waals surface area contributed by atoms with Gasteiger partial charge in [0.2, 0.25) is 0 Å². The number of pyridine rings is 1. The highest BCUT2D eigenvalue weighted by atomic mass is 32.1. The second-order valence-corrected chi connectivity index (χ2v) is 6.59. The Kier molecular flexibility index (Phi) is 5.01. The van der Waals surface area contributed by atoms with Crippen LogP contribution in [0.5, 0.6) is 0 Å². The lowest BCUT2D eigenvalue weighted by Gasteiger charge is -2.18. The molecule has 24 heavy (non-hydrogen) atoms. The maximum absolute atomic E-state index is 12.6. The van der Waals surface area contributed by atoms with E-state index in [1.54, 1.807) is 11.7 Å². The zero-order valence-electron chi connectivity index (χ0n) is 13.7. The van der Waals surface area contributed by atoms with Crippen molar-refractivity contribution in [3.8, 4) is 0 Å². The van der Waals surface area contributed by atoms with Gasteiger partial charge in [0.1, 0.15) is 4.88 Å². The summed E-state index contributed by atoms with van der Waals surface area (Å²) in [7, 11) is 0. The lowest BCUT2D eigenvalue weighted by atomic mass is 10.0. The van der Waals surface area contributed by atoms with Gasteiger partial charge in [0.15, 0.2) is 0 Å². The monoisotopic (exact) mass is 337 g/mol. The molecule has 0 radical (unpaired) electrons. The van der Waals surface area contributed by atoms with Gasteiger partial charge < -0.3 is 5.32 Å². The summed E-state index contributed by atoms with van der Waals surface area (Å²) in [6.45, 7) is 3.91. The van der Waals surface area contributed by atoms with Crippen LogP contribution < -0.4 is 5.32 Å². The van der Waals surface area contributed by atoms with Crippen LogP contribution in [0.3, 0.4) is 0 Å². The van der Waals surface area contributed by atoms with E-state index < -0.39 is 0 Å². The summed E-state index contributed by atoms with van der Waals surface area (Å²) in [5.74, 6) is -0.0993. The fraction of sp³-hybridized carbons (Fsp3) is 0.211. The number of aryl methyl sites for hydroxylation is 2. The van der Waals surface area contributed by atoms with Crippen LogP contribution in [0.4, 0.5) is 0 Å². The van der Waals surface area contributed by atoms with Crippen LogP contribution >= 0.6 is 11.3 Å². The zero-order chi connectivity index (χ0) is 16.9. The van der Waals surface area contributed by atoms with Gasteiger partial charge >= 0.3 is 0 Å². The van der Waals surface area contributed by atoms with Crippen LogP contribution in [0.25, 0.3) is 0 Å². The minimum Gasteiger partial charge on any atom is -0.343 e. The number of hydrogen-bond acceptors (Lipinski definition) is 4. The Morgan fingerprint density at radius 1 is 1.12 bits per heavy atom. The largest absolute Gasteiger partial charge is 0.343 e. The van der Waals surface area contributed by atoms with Crippen molar-refractivity contribution in [2.75, 3.05) is 0 Å². The molecule has 4 nitrogen and oxygen atoms in total. The molecule has 0 aliphatic heterocycles. The van der Waals surface area contributed by atoms with Crippen LogP contribution in [-0.2, 0) is 6.42 Å². The zero-order valence-corrected chi connectivity index (χ0v) is 14.5. The fourth-order valence-corrected chi connectivity index (χ4v) is 3.22. The summed E-state index contributed by atoms with van der Waals surface area (Å²) in [5, 5.41) is 3.11. The fourth-order valence-electron chi connectivity index (χ4n) is 2.52. The third-order valence-electron chi connectivity index (χ3n) is 3.86. The van der Waals surface area contributed by atoms with Crippen LogP contribution in [0.1, 0.15) is 38.2 Å². The first-order valence-corrected chi connectivity index (χ1v) is 8.69. The van der Waals surface area contributed by atoms with Crippen molar-refractivity contribution < 1.29 is 4.79 Å². The van der Waals surface area contributed by atoms with E-state index in [4.69, 9.17) is 0 Å². The quantitative estimate of drug-likeness (QED) is 0.769. The van der Waals surface area contributed by atoms with Crippen molar-refractivity contribution in [2.24, 2.45) is 0 Å². The van der Waals surface area contributed by atoms with Crippen LogP contribution in [0, 0.1) is 13.8 Å². The molecule has 0 fully saturated rings. The van der Waals surface area contributed by atoms with Crippen molar-refractivity contribution in [1.82, 2.24) is 15.3 Å². The summed E-state index contributed by atoms with van der Waals surface area (Å²) >= 11 is 1.36. The van der Waals surface area contributed by atoms with Gasteiger partial charge in [0.05, 0.1) is 22.9 Å². The summed E-state index contributed by atoms with van der Waals surface area (Å²) in [6, 6.07) is 13.9. The molecule has 5 heteroatoms. The van der Waals surface area contributed by atoms with E-state index in [0.717, 1.165) is 17.0 Å². The molecule has 1 atom stereocenters. The van der Waals surface area contributed by atoms with E-state index in [1.165, 1.54) is 16.9 Å². The predicted octanol–water partition coefficient (Wildman–Crippen LogP) is 3.87. The third-order valence-corrected chi connectivity index (χ3v) is 4.79. The molecule has 0 spiro atoms. The molecule has 122 valence electrons. The first-order chi connectivity index (χ1) is 11.6. The van der Waals surface area contributed by atoms with E-state index in [1.807, 2.05) is 25.1 Å². The second kappa shape index (κ2) is 7.36. The average Bonchev–Trinajstić information content (AvgIpc) is 3.03. The van der Waals surface area contributed by atoms with Gasteiger partial charge in [0, 0.05) is 6.20 Å². The molecule has 2 aromatic heterocycles. The van der Waals surface area contributed by atoms with Gasteiger partial charge in [-0.3, -0.25) is 9.78 Å². The minimum atomic E-state index is -0.178. The molecule has 0 aliphatic carbocycles. The van der Waals surface area contributed by atoms with E-state index in [2.05, 4.69) is 46.5 Å². The molecule has 2 heterocycles. The number of aromatic nitrogens is 2. The number of nitrogens with zero attached hydrogens (tertiary/aromatic N) is 2. The molecular formula is C19H19N3OS. The molecule has 1 amide bonds. The topological polar surface area (TPSA) is 54.9 Å². The Bertz CT molecular complexity index is 812. The summed E-state index contributed by atoms with van der Waals surface area (Å²) in [4.78, 5) is 21.8. The summed E-state index contributed by atoms with van der Waals surface area (Å²) in [6.07, 6.45) is 2.45. The molecule has 0 unspecified atom stereocenters. The summed E-state index contributed by atoms with van der Waals surface area (Å²) in [5.41, 5.74) is 5.69. The van der Waals surface area contributed by atoms with Crippen LogP contribution in [0.2, 0.25) is 0 Å². The van der Waals surface area contributed by atoms with Gasteiger partial charge in [-0.05, 0) is 38.0 Å². The van der Waals surface area contributed by atoms with E-state index in [-0.39, 0.29) is 11.9 Å². The van der Waals surface area contributed by atoms with Crippen molar-refractivity contribution in [1.29, 1.82) is 0 Å². The Hall–Kier alpha value is -2.53. The SMILES string of the molecule is Cc1ccc(C[C@H](NC(=O)c2scnc2C)c2ccccn2)cc1. The smallest absolute Gasteiger partial charge is 0.263 e. The van der Waals surface area contributed by atoms with E-state index >= 15 is 0 Å². The number of amides is 1. The van der Waals surface area contributed by atoms with Gasteiger partial charge in [0.25, 0.3) is 5.91 Å². The highest BCUT2D eigenvalue weighted by Gasteiger charge is 2.19. The first-order valence-electron chi connectivity index (χ1n) is 7.81. The highest BCUT2D eigenvalue weighted by molar-refractivity contribution is 7.11. The Labute approximate surface area is 145 Å². The number of rotatable bonds is 5. The van der Waals surface area contributed by atoms with E-state index in [9.17, 15) is 4.79 Å². The normalized spacial score (nSPS) is 11.9. The number of hydrogen-bond donors (Lipinski definition) is 1. The minimum absolute atomic E-state index is 0.0993. The first kappa shape index (κ1) is 16.3. The Balaban J connectivity index is 1.84. The standard InChI is InChI=1S/C19H19N3OS/c1-13-6-8-15(9-7-13)11-17(16-5-3-4-10-20-16)22-19(23)18-14(2)21-12-24-18/h3-10,12,17H,11H2,1-2H3,(H,22,23)/t17-/m0/s1. The predicted molar refractivity (Wildman–Crippen MR) is 96.2 cm³/mol. The number of carbonyl (C=O) groups is 1. The van der Waals surface area contributed by atoms with Gasteiger partial charge in [-0.1, -0.05) is 35.9 Å². The summed E-state index contributed by atoms with van der Waals surface area (Å²) < 4.78 is 0. The van der Waals surface area contributed by atoms with Crippen molar-refractivity contribution in [3.05, 3.63) is 81.6 Å². The number of thiazole rings is 1. The molecule has 3 aromatic rings. The van der Waals surface area contributed by atoms with E-state index in [0.29, 0.717) is 11.3 Å². The molecule has 0 bridgehead atoms. The van der Waals surface area contributed by atoms with Gasteiger partial charge in [-0.25, -0.2) is 4.98 Å². The average molecular weight is 337 g/mol. The van der Waals surface area contributed by atoms with Crippen LogP contribution in [0.15, 0.2) is 54.2 Å². The molecular weight excluding hydrogens is 318 g/mol. The molecule has 1 N–H and O–H groups in total. The number of nitrogens with one attached hydrogen (secondary N) is 1. The lowest BCUT2D eigenvalue weighted by molar-refractivity contribution is 0.0939. The maximum Gasteiger partial charge on any atom is 0.263 e. The van der Waals surface area contributed by atoms with Gasteiger partial charge in [-0.2, -0.15) is 0 Å². The van der Waals surface area contributed by atoms with Crippen molar-refractivity contribution >= 4 is 17.2 Å². The number of benzene rings is 1. The molecule has 0 saturated carbocycles. The van der Waals surface area contributed by atoms with Gasteiger partial charge in [-0.15, -0.1) is 11.3 Å². The second-order valence-electron chi connectivity index (χ2n) is 5.74. The van der Waals surface area contributed by atoms with Crippen LogP contribution in [-0.4, -0.2) is 15.9 Å². The maximum atomic E-state index is 12.6. The van der Waals surface area contributed by atoms with Crippen molar-refractivity contribution in [2.45, 2.75) is 26.3 Å². The highest BCUT2D eigenvalue weighted by Crippen LogP contribution is 2.19. The molecule has 1 aromatic carbocycles. The Morgan fingerprint density at radius 2 is 1.92 bits per heavy atom.